The molecule has 0 spiro atoms. The van der Waals surface area contributed by atoms with Crippen molar-refractivity contribution in [3.8, 4) is 17.0 Å². The second-order valence-corrected chi connectivity index (χ2v) is 14.1. The number of ether oxygens (including phenoxy) is 1. The van der Waals surface area contributed by atoms with Crippen molar-refractivity contribution < 1.29 is 42.6 Å². The van der Waals surface area contributed by atoms with Gasteiger partial charge in [0.05, 0.1) is 18.2 Å². The molecule has 1 aromatic heterocycles. The number of hydrogen-bond donors (Lipinski definition) is 0. The average molecular weight is 863 g/mol. The van der Waals surface area contributed by atoms with Crippen LogP contribution in [0.15, 0.2) is 173 Å². The van der Waals surface area contributed by atoms with Gasteiger partial charge >= 0.3 is 19.5 Å². The number of aryl methyl sites for hydroxylation is 1. The summed E-state index contributed by atoms with van der Waals surface area (Å²) in [7, 11) is 3.42. The molecule has 0 bridgehead atoms. The summed E-state index contributed by atoms with van der Waals surface area (Å²) in [6.07, 6.45) is 1.67. The summed E-state index contributed by atoms with van der Waals surface area (Å²) in [6, 6.07) is 47.5. The SMILES string of the molecule is COc1ccc(-c2c(Cc3ccccc3)[n-]c(=NC(=O)c3ccccc3F)n2C)cc1.Cc1ccc(C2=C(Cc3ccccc3)[N-]C(=NC(=O)c3ccccc3F)C2)cc1.[Zn+2]. The Morgan fingerprint density at radius 2 is 1.16 bits per heavy atom. The number of amides is 2. The summed E-state index contributed by atoms with van der Waals surface area (Å²) >= 11 is 0. The number of hydrogen-bond acceptors (Lipinski definition) is 3. The third-order valence-corrected chi connectivity index (χ3v) is 9.92. The van der Waals surface area contributed by atoms with Crippen molar-refractivity contribution >= 4 is 23.2 Å². The van der Waals surface area contributed by atoms with Crippen LogP contribution in [0.5, 0.6) is 5.75 Å². The molecule has 0 unspecified atom stereocenters. The zero-order valence-corrected chi connectivity index (χ0v) is 37.0. The second kappa shape index (κ2) is 20.4. The van der Waals surface area contributed by atoms with Crippen molar-refractivity contribution in [2.75, 3.05) is 7.11 Å². The van der Waals surface area contributed by atoms with Crippen LogP contribution in [0, 0.1) is 18.6 Å². The molecule has 0 radical (unpaired) electrons. The average Bonchev–Trinajstić information content (AvgIpc) is 3.80. The Balaban J connectivity index is 0.000000201. The first-order valence-corrected chi connectivity index (χ1v) is 19.3. The molecule has 7 aromatic rings. The molecule has 8 nitrogen and oxygen atoms in total. The molecule has 300 valence electrons. The normalized spacial score (nSPS) is 12.9. The van der Waals surface area contributed by atoms with E-state index in [1.807, 2.05) is 79.7 Å². The molecule has 0 saturated carbocycles. The zero-order valence-electron chi connectivity index (χ0n) is 34.1. The molecule has 0 fully saturated rings. The van der Waals surface area contributed by atoms with Crippen molar-refractivity contribution in [2.45, 2.75) is 26.2 Å². The number of benzene rings is 6. The van der Waals surface area contributed by atoms with E-state index in [-0.39, 0.29) is 36.2 Å². The van der Waals surface area contributed by atoms with E-state index in [0.717, 1.165) is 50.7 Å². The van der Waals surface area contributed by atoms with Crippen molar-refractivity contribution in [3.05, 3.63) is 225 Å². The van der Waals surface area contributed by atoms with Crippen molar-refractivity contribution in [1.29, 1.82) is 0 Å². The molecule has 1 aliphatic heterocycles. The summed E-state index contributed by atoms with van der Waals surface area (Å²) < 4.78 is 35.0. The summed E-state index contributed by atoms with van der Waals surface area (Å²) in [5, 5.41) is 4.65. The molecular formula is C50H41F2N5O3Zn. The summed E-state index contributed by atoms with van der Waals surface area (Å²) in [4.78, 5) is 38.0. The van der Waals surface area contributed by atoms with Crippen LogP contribution >= 0.6 is 0 Å². The largest absolute Gasteiger partial charge is 2.00 e. The Morgan fingerprint density at radius 3 is 1.72 bits per heavy atom. The Kier molecular flexibility index (Phi) is 14.6. The maximum absolute atomic E-state index is 14.0. The first-order chi connectivity index (χ1) is 29.2. The zero-order chi connectivity index (χ0) is 42.0. The van der Waals surface area contributed by atoms with E-state index in [1.54, 1.807) is 36.9 Å². The van der Waals surface area contributed by atoms with Crippen molar-refractivity contribution in [3.63, 3.8) is 0 Å². The van der Waals surface area contributed by atoms with Gasteiger partial charge in [0.25, 0.3) is 0 Å². The smallest absolute Gasteiger partial charge is 0.497 e. The number of carbonyl (C=O) groups excluding carboxylic acids is 2. The van der Waals surface area contributed by atoms with Gasteiger partial charge in [0.15, 0.2) is 5.91 Å². The number of amidine groups is 1. The predicted molar refractivity (Wildman–Crippen MR) is 231 cm³/mol. The van der Waals surface area contributed by atoms with Gasteiger partial charge in [0, 0.05) is 12.0 Å². The molecular weight excluding hydrogens is 822 g/mol. The van der Waals surface area contributed by atoms with E-state index in [1.165, 1.54) is 35.9 Å². The molecule has 0 aliphatic carbocycles. The number of rotatable bonds is 9. The van der Waals surface area contributed by atoms with E-state index in [0.29, 0.717) is 25.1 Å². The molecule has 61 heavy (non-hydrogen) atoms. The Morgan fingerprint density at radius 1 is 0.656 bits per heavy atom. The Labute approximate surface area is 366 Å². The van der Waals surface area contributed by atoms with Gasteiger partial charge in [-0.25, -0.2) is 8.78 Å². The second-order valence-electron chi connectivity index (χ2n) is 14.1. The summed E-state index contributed by atoms with van der Waals surface area (Å²) in [5.74, 6) is -1.29. The van der Waals surface area contributed by atoms with Crippen LogP contribution in [0.4, 0.5) is 8.78 Å². The van der Waals surface area contributed by atoms with Crippen LogP contribution in [0.2, 0.25) is 0 Å². The molecule has 2 heterocycles. The summed E-state index contributed by atoms with van der Waals surface area (Å²) in [6.45, 7) is 2.04. The fourth-order valence-corrected chi connectivity index (χ4v) is 6.81. The maximum Gasteiger partial charge on any atom is 2.00 e. The first-order valence-electron chi connectivity index (χ1n) is 19.3. The molecule has 1 aliphatic rings. The van der Waals surface area contributed by atoms with Crippen molar-refractivity contribution in [2.24, 2.45) is 17.0 Å². The molecule has 11 heteroatoms. The Hall–Kier alpha value is -6.84. The van der Waals surface area contributed by atoms with Gasteiger partial charge in [0.1, 0.15) is 17.4 Å². The molecule has 0 N–H and O–H groups in total. The number of aliphatic imine (C=N–C) groups is 1. The predicted octanol–water partition coefficient (Wildman–Crippen LogP) is 10.2. The van der Waals surface area contributed by atoms with E-state index < -0.39 is 23.4 Å². The minimum atomic E-state index is -0.668. The van der Waals surface area contributed by atoms with Crippen LogP contribution in [-0.2, 0) is 39.4 Å². The quantitative estimate of drug-likeness (QED) is 0.135. The van der Waals surface area contributed by atoms with Gasteiger partial charge in [-0.1, -0.05) is 138 Å². The van der Waals surface area contributed by atoms with Gasteiger partial charge < -0.3 is 29.6 Å². The Bertz CT molecular complexity index is 2760. The molecule has 0 saturated heterocycles. The summed E-state index contributed by atoms with van der Waals surface area (Å²) in [5.41, 5.74) is 9.04. The van der Waals surface area contributed by atoms with Crippen LogP contribution in [0.25, 0.3) is 22.1 Å². The van der Waals surface area contributed by atoms with E-state index >= 15 is 0 Å². The molecule has 6 aromatic carbocycles. The fraction of sp³-hybridized carbons (Fsp3) is 0.120. The number of imidazole rings is 1. The molecule has 0 atom stereocenters. The minimum Gasteiger partial charge on any atom is -0.497 e. The number of allylic oxidation sites excluding steroid dienone is 1. The molecule has 8 rings (SSSR count). The van der Waals surface area contributed by atoms with Crippen molar-refractivity contribution in [1.82, 2.24) is 9.55 Å². The van der Waals surface area contributed by atoms with Gasteiger partial charge in [-0.3, -0.25) is 9.59 Å². The topological polar surface area (TPSA) is 101 Å². The monoisotopic (exact) mass is 861 g/mol. The number of methoxy groups -OCH3 is 1. The van der Waals surface area contributed by atoms with Gasteiger partial charge in [-0.15, -0.1) is 0 Å². The standard InChI is InChI=1S/C25H22FN3O2.C25H21FN2O.Zn/c1-29-23(18-12-14-19(31-2)15-13-18)22(16-17-8-4-3-5-9-17)27-25(29)28-24(30)20-10-6-7-11-21(20)26;1-17-11-13-19(14-12-17)21-16-24(27-23(21)15-18-7-3-2-4-8-18)28-25(29)20-9-5-6-10-22(20)26;/h3-15H,16H2,1-2H3,(H,27,28,30);2-14H,15-16H2,1H3,(H,27,28,29);/q;;+2/p-2. The first kappa shape index (κ1) is 43.7. The third kappa shape index (κ3) is 10.9. The van der Waals surface area contributed by atoms with E-state index in [4.69, 9.17) is 4.74 Å². The fourth-order valence-electron chi connectivity index (χ4n) is 6.81. The van der Waals surface area contributed by atoms with Crippen LogP contribution < -0.4 is 15.3 Å². The number of nitrogens with zero attached hydrogens (tertiary/aromatic N) is 5. The van der Waals surface area contributed by atoms with Crippen LogP contribution in [0.1, 0.15) is 55.1 Å². The third-order valence-electron chi connectivity index (χ3n) is 9.92. The van der Waals surface area contributed by atoms with E-state index in [9.17, 15) is 18.4 Å². The minimum absolute atomic E-state index is 0. The van der Waals surface area contributed by atoms with Gasteiger partial charge in [0.2, 0.25) is 5.91 Å². The number of halogens is 2. The number of aromatic nitrogens is 2. The number of carbonyl (C=O) groups is 2. The van der Waals surface area contributed by atoms with E-state index in [2.05, 4.69) is 56.7 Å². The van der Waals surface area contributed by atoms with Gasteiger partial charge in [-0.05, 0) is 102 Å². The van der Waals surface area contributed by atoms with Crippen LogP contribution in [0.3, 0.4) is 0 Å². The van der Waals surface area contributed by atoms with Gasteiger partial charge in [-0.2, -0.15) is 0 Å². The molecule has 2 amide bonds. The maximum atomic E-state index is 14.0. The van der Waals surface area contributed by atoms with Crippen LogP contribution in [-0.4, -0.2) is 29.3 Å².